The van der Waals surface area contributed by atoms with Crippen LogP contribution < -0.4 is 5.73 Å². The van der Waals surface area contributed by atoms with Gasteiger partial charge in [-0.25, -0.2) is 9.48 Å². The molecule has 1 rings (SSSR count). The maximum absolute atomic E-state index is 11.8. The van der Waals surface area contributed by atoms with Crippen LogP contribution in [0.1, 0.15) is 49.4 Å². The minimum atomic E-state index is -0.666. The average Bonchev–Trinajstić information content (AvgIpc) is 2.69. The summed E-state index contributed by atoms with van der Waals surface area (Å²) in [6, 6.07) is -0.639. The van der Waals surface area contributed by atoms with Gasteiger partial charge in [0.05, 0.1) is 11.8 Å². The summed E-state index contributed by atoms with van der Waals surface area (Å²) in [5.74, 6) is -1.07. The normalized spacial score (nSPS) is 14.0. The molecule has 1 heterocycles. The molecular formula is C11H18N4O3. The molecule has 1 amide bonds. The van der Waals surface area contributed by atoms with Crippen LogP contribution in [0.5, 0.6) is 0 Å². The summed E-state index contributed by atoms with van der Waals surface area (Å²) in [4.78, 5) is 22.9. The number of rotatable bonds is 5. The van der Waals surface area contributed by atoms with E-state index in [4.69, 9.17) is 10.5 Å². The zero-order valence-electron chi connectivity index (χ0n) is 11.0. The second kappa shape index (κ2) is 5.61. The molecule has 18 heavy (non-hydrogen) atoms. The molecule has 0 aliphatic heterocycles. The number of carbonyl (C=O) groups excluding carboxylic acids is 2. The molecule has 100 valence electrons. The molecule has 0 spiro atoms. The van der Waals surface area contributed by atoms with Crippen molar-refractivity contribution in [3.05, 3.63) is 11.4 Å². The van der Waals surface area contributed by atoms with E-state index in [0.717, 1.165) is 6.42 Å². The standard InChI is InChI=1S/C11H18N4O3/c1-5-6(2)18-11(17)8(4)15-7(3)9(10(12)16)13-14-15/h6,8H,5H2,1-4H3,(H2,12,16). The van der Waals surface area contributed by atoms with Crippen molar-refractivity contribution >= 4 is 11.9 Å². The molecule has 0 saturated carbocycles. The Morgan fingerprint density at radius 2 is 2.06 bits per heavy atom. The van der Waals surface area contributed by atoms with Gasteiger partial charge in [-0.05, 0) is 27.2 Å². The largest absolute Gasteiger partial charge is 0.461 e. The molecule has 1 aromatic heterocycles. The first-order valence-electron chi connectivity index (χ1n) is 5.80. The van der Waals surface area contributed by atoms with Crippen molar-refractivity contribution in [2.45, 2.75) is 46.3 Å². The first-order valence-corrected chi connectivity index (χ1v) is 5.80. The molecule has 2 unspecified atom stereocenters. The van der Waals surface area contributed by atoms with Gasteiger partial charge >= 0.3 is 5.97 Å². The predicted octanol–water partition coefficient (Wildman–Crippen LogP) is 0.588. The van der Waals surface area contributed by atoms with Crippen LogP contribution in [-0.4, -0.2) is 33.0 Å². The second-order valence-electron chi connectivity index (χ2n) is 4.16. The van der Waals surface area contributed by atoms with Gasteiger partial charge in [0.1, 0.15) is 6.04 Å². The van der Waals surface area contributed by atoms with Crippen molar-refractivity contribution in [1.82, 2.24) is 15.0 Å². The highest BCUT2D eigenvalue weighted by Crippen LogP contribution is 2.13. The molecule has 7 nitrogen and oxygen atoms in total. The fourth-order valence-corrected chi connectivity index (χ4v) is 1.42. The quantitative estimate of drug-likeness (QED) is 0.775. The molecule has 0 bridgehead atoms. The van der Waals surface area contributed by atoms with Gasteiger partial charge in [-0.1, -0.05) is 12.1 Å². The van der Waals surface area contributed by atoms with Crippen LogP contribution in [0.15, 0.2) is 0 Å². The van der Waals surface area contributed by atoms with Crippen molar-refractivity contribution < 1.29 is 14.3 Å². The van der Waals surface area contributed by atoms with Crippen molar-refractivity contribution in [2.75, 3.05) is 0 Å². The smallest absolute Gasteiger partial charge is 0.330 e. The summed E-state index contributed by atoms with van der Waals surface area (Å²) in [7, 11) is 0. The number of nitrogens with two attached hydrogens (primary N) is 1. The number of hydrogen-bond acceptors (Lipinski definition) is 5. The Hall–Kier alpha value is -1.92. The highest BCUT2D eigenvalue weighted by molar-refractivity contribution is 5.91. The number of carbonyl (C=O) groups is 2. The van der Waals surface area contributed by atoms with Crippen molar-refractivity contribution in [3.63, 3.8) is 0 Å². The van der Waals surface area contributed by atoms with E-state index in [0.29, 0.717) is 5.69 Å². The van der Waals surface area contributed by atoms with E-state index in [1.54, 1.807) is 13.8 Å². The zero-order valence-corrected chi connectivity index (χ0v) is 11.0. The van der Waals surface area contributed by atoms with Gasteiger partial charge < -0.3 is 10.5 Å². The van der Waals surface area contributed by atoms with Crippen LogP contribution in [0.3, 0.4) is 0 Å². The predicted molar refractivity (Wildman–Crippen MR) is 63.8 cm³/mol. The molecule has 2 N–H and O–H groups in total. The van der Waals surface area contributed by atoms with Gasteiger partial charge in [0.25, 0.3) is 5.91 Å². The second-order valence-corrected chi connectivity index (χ2v) is 4.16. The van der Waals surface area contributed by atoms with Crippen LogP contribution >= 0.6 is 0 Å². The van der Waals surface area contributed by atoms with Crippen LogP contribution in [0.25, 0.3) is 0 Å². The minimum absolute atomic E-state index is 0.0678. The lowest BCUT2D eigenvalue weighted by Gasteiger charge is -2.16. The maximum atomic E-state index is 11.8. The van der Waals surface area contributed by atoms with Crippen LogP contribution in [0.2, 0.25) is 0 Å². The van der Waals surface area contributed by atoms with Gasteiger partial charge in [0.15, 0.2) is 5.69 Å². The van der Waals surface area contributed by atoms with E-state index in [2.05, 4.69) is 10.3 Å². The lowest BCUT2D eigenvalue weighted by Crippen LogP contribution is -2.25. The Labute approximate surface area is 105 Å². The Balaban J connectivity index is 2.87. The molecule has 2 atom stereocenters. The lowest BCUT2D eigenvalue weighted by atomic mass is 10.2. The summed E-state index contributed by atoms with van der Waals surface area (Å²) >= 11 is 0. The van der Waals surface area contributed by atoms with Crippen molar-refractivity contribution in [1.29, 1.82) is 0 Å². The maximum Gasteiger partial charge on any atom is 0.330 e. The van der Waals surface area contributed by atoms with Gasteiger partial charge in [0, 0.05) is 0 Å². The summed E-state index contributed by atoms with van der Waals surface area (Å²) in [5.41, 5.74) is 5.66. The molecule has 1 aromatic rings. The van der Waals surface area contributed by atoms with E-state index in [1.807, 2.05) is 13.8 Å². The number of ether oxygens (including phenoxy) is 1. The Morgan fingerprint density at radius 1 is 1.44 bits per heavy atom. The van der Waals surface area contributed by atoms with Gasteiger partial charge in [0.2, 0.25) is 0 Å². The molecule has 0 fully saturated rings. The fraction of sp³-hybridized carbons (Fsp3) is 0.636. The number of primary amides is 1. The summed E-state index contributed by atoms with van der Waals surface area (Å²) in [5, 5.41) is 7.40. The first-order chi connectivity index (χ1) is 8.38. The number of nitrogens with zero attached hydrogens (tertiary/aromatic N) is 3. The SMILES string of the molecule is CCC(C)OC(=O)C(C)n1nnc(C(N)=O)c1C. The average molecular weight is 254 g/mol. The Kier molecular flexibility index (Phi) is 4.41. The molecule has 0 radical (unpaired) electrons. The van der Waals surface area contributed by atoms with Crippen molar-refractivity contribution in [2.24, 2.45) is 5.73 Å². The number of aromatic nitrogens is 3. The van der Waals surface area contributed by atoms with Crippen LogP contribution in [0, 0.1) is 6.92 Å². The molecular weight excluding hydrogens is 236 g/mol. The molecule has 0 aliphatic carbocycles. The van der Waals surface area contributed by atoms with E-state index < -0.39 is 17.9 Å². The van der Waals surface area contributed by atoms with E-state index in [-0.39, 0.29) is 11.8 Å². The number of hydrogen-bond donors (Lipinski definition) is 1. The van der Waals surface area contributed by atoms with E-state index >= 15 is 0 Å². The first kappa shape index (κ1) is 14.1. The molecule has 0 aromatic carbocycles. The molecule has 0 saturated heterocycles. The number of amides is 1. The van der Waals surface area contributed by atoms with Gasteiger partial charge in [-0.2, -0.15) is 0 Å². The Bertz CT molecular complexity index is 455. The zero-order chi connectivity index (χ0) is 13.9. The topological polar surface area (TPSA) is 100 Å². The third-order valence-electron chi connectivity index (χ3n) is 2.76. The highest BCUT2D eigenvalue weighted by atomic mass is 16.5. The number of esters is 1. The van der Waals surface area contributed by atoms with Gasteiger partial charge in [-0.15, -0.1) is 5.10 Å². The van der Waals surface area contributed by atoms with Crippen molar-refractivity contribution in [3.8, 4) is 0 Å². The van der Waals surface area contributed by atoms with Crippen LogP contribution in [0.4, 0.5) is 0 Å². The van der Waals surface area contributed by atoms with E-state index in [1.165, 1.54) is 4.68 Å². The molecule has 7 heteroatoms. The summed E-state index contributed by atoms with van der Waals surface area (Å²) in [6.07, 6.45) is 0.584. The van der Waals surface area contributed by atoms with E-state index in [9.17, 15) is 9.59 Å². The third-order valence-corrected chi connectivity index (χ3v) is 2.76. The fourth-order valence-electron chi connectivity index (χ4n) is 1.42. The van der Waals surface area contributed by atoms with Gasteiger partial charge in [-0.3, -0.25) is 4.79 Å². The van der Waals surface area contributed by atoms with Crippen LogP contribution in [-0.2, 0) is 9.53 Å². The highest BCUT2D eigenvalue weighted by Gasteiger charge is 2.24. The third kappa shape index (κ3) is 2.85. The summed E-state index contributed by atoms with van der Waals surface area (Å²) < 4.78 is 6.53. The Morgan fingerprint density at radius 3 is 2.50 bits per heavy atom. The monoisotopic (exact) mass is 254 g/mol. The molecule has 0 aliphatic rings. The lowest BCUT2D eigenvalue weighted by molar-refractivity contribution is -0.152. The summed E-state index contributed by atoms with van der Waals surface area (Å²) in [6.45, 7) is 7.01. The minimum Gasteiger partial charge on any atom is -0.461 e.